The van der Waals surface area contributed by atoms with Crippen molar-refractivity contribution in [3.05, 3.63) is 113 Å². The molecule has 0 nitrogen and oxygen atoms in total. The molecule has 0 aromatic heterocycles. The average Bonchev–Trinajstić information content (AvgIpc) is 3.30. The predicted octanol–water partition coefficient (Wildman–Crippen LogP) is 5.21. The van der Waals surface area contributed by atoms with Gasteiger partial charge in [-0.15, -0.1) is 0 Å². The van der Waals surface area contributed by atoms with Crippen LogP contribution < -0.4 is 15.6 Å². The van der Waals surface area contributed by atoms with Gasteiger partial charge in [0, 0.05) is 0 Å². The van der Waals surface area contributed by atoms with E-state index in [1.54, 1.807) is 3.96 Å². The first-order valence-corrected chi connectivity index (χ1v) is 19.1. The van der Waals surface area contributed by atoms with Gasteiger partial charge in [-0.05, 0) is 0 Å². The predicted molar refractivity (Wildman–Crippen MR) is 122 cm³/mol. The second-order valence-corrected chi connectivity index (χ2v) is 23.7. The molecule has 0 heterocycles. The van der Waals surface area contributed by atoms with Crippen LogP contribution in [0.25, 0.3) is 0 Å². The third kappa shape index (κ3) is 3.66. The summed E-state index contributed by atoms with van der Waals surface area (Å²) in [5.74, 6) is 0. The Kier molecular flexibility index (Phi) is 5.67. The van der Waals surface area contributed by atoms with Gasteiger partial charge >= 0.3 is 174 Å². The van der Waals surface area contributed by atoms with Crippen molar-refractivity contribution >= 4 is 23.6 Å². The third-order valence-corrected chi connectivity index (χ3v) is 24.8. The van der Waals surface area contributed by atoms with Crippen LogP contribution in [0.15, 0.2) is 113 Å². The number of rotatable bonds is 6. The van der Waals surface area contributed by atoms with Crippen LogP contribution in [0.2, 0.25) is 15.1 Å². The molecule has 0 saturated carbocycles. The monoisotopic (exact) mass is 563 g/mol. The Bertz CT molecular complexity index is 876. The molecule has 0 saturated heterocycles. The standard InChI is InChI=1S/C19H17Si.C5H5.2CH3.Pt/c1-20(17-11-5-2-6-12-17,18-13-7-3-8-14-18)19-15-9-4-10-16-19;1-2-4-5-3-1;;;/h2-16H,1H2;1-3H,4H2;2*1H3;. The van der Waals surface area contributed by atoms with Crippen molar-refractivity contribution in [1.82, 2.24) is 0 Å². The molecule has 0 aliphatic heterocycles. The van der Waals surface area contributed by atoms with Crippen LogP contribution in [-0.2, 0) is 16.1 Å². The summed E-state index contributed by atoms with van der Waals surface area (Å²) < 4.78 is 3.07. The molecule has 1 aliphatic rings. The van der Waals surface area contributed by atoms with Gasteiger partial charge in [0.25, 0.3) is 0 Å². The van der Waals surface area contributed by atoms with E-state index >= 15 is 0 Å². The number of benzene rings is 3. The number of allylic oxidation sites excluding steroid dienone is 4. The second kappa shape index (κ2) is 8.19. The van der Waals surface area contributed by atoms with Gasteiger partial charge in [0.15, 0.2) is 0 Å². The van der Waals surface area contributed by atoms with E-state index in [4.69, 9.17) is 0 Å². The zero-order valence-corrected chi connectivity index (χ0v) is 19.9. The second-order valence-electron chi connectivity index (χ2n) is 7.51. The zero-order chi connectivity index (χ0) is 19.5. The Hall–Kier alpha value is -1.95. The zero-order valence-electron chi connectivity index (χ0n) is 16.6. The van der Waals surface area contributed by atoms with Crippen LogP contribution in [0.4, 0.5) is 0 Å². The molecule has 1 aliphatic carbocycles. The summed E-state index contributed by atoms with van der Waals surface area (Å²) in [6, 6.07) is 34.0. The first-order chi connectivity index (χ1) is 13.6. The average molecular weight is 564 g/mol. The summed E-state index contributed by atoms with van der Waals surface area (Å²) in [4.78, 5) is 0. The normalized spacial score (nSPS) is 14.7. The quantitative estimate of drug-likeness (QED) is 0.286. The third-order valence-electron chi connectivity index (χ3n) is 5.50. The van der Waals surface area contributed by atoms with Gasteiger partial charge in [0.2, 0.25) is 0 Å². The molecule has 0 N–H and O–H groups in total. The van der Waals surface area contributed by atoms with E-state index in [9.17, 15) is 0 Å². The molecular formula is C26H28PtSi. The SMILES string of the molecule is [CH3][Pt]([CH3])([CH2][Si](c1ccccc1)(c1ccccc1)c1ccccc1)[C]1=CC=CC1. The fourth-order valence-corrected chi connectivity index (χ4v) is 26.3. The molecule has 0 atom stereocenters. The van der Waals surface area contributed by atoms with Gasteiger partial charge < -0.3 is 0 Å². The molecule has 0 amide bonds. The molecule has 28 heavy (non-hydrogen) atoms. The molecule has 0 spiro atoms. The van der Waals surface area contributed by atoms with Crippen LogP contribution in [0.1, 0.15) is 6.42 Å². The van der Waals surface area contributed by atoms with Crippen LogP contribution in [0.3, 0.4) is 0 Å². The first kappa shape index (κ1) is 19.4. The van der Waals surface area contributed by atoms with Gasteiger partial charge in [0.1, 0.15) is 0 Å². The molecular weight excluding hydrogens is 535 g/mol. The van der Waals surface area contributed by atoms with Crippen molar-refractivity contribution in [2.45, 2.75) is 21.5 Å². The van der Waals surface area contributed by atoms with Crippen molar-refractivity contribution < 1.29 is 16.1 Å². The summed E-state index contributed by atoms with van der Waals surface area (Å²) in [5.41, 5.74) is 0. The molecule has 0 fully saturated rings. The van der Waals surface area contributed by atoms with Crippen LogP contribution in [-0.4, -0.2) is 8.07 Å². The molecule has 146 valence electrons. The maximum absolute atomic E-state index is 2.61. The molecule has 3 aromatic rings. The van der Waals surface area contributed by atoms with Gasteiger partial charge in [-0.25, -0.2) is 0 Å². The first-order valence-electron chi connectivity index (χ1n) is 9.57. The minimum absolute atomic E-state index is 1.16. The van der Waals surface area contributed by atoms with E-state index in [0.717, 1.165) is 6.42 Å². The topological polar surface area (TPSA) is 0 Å². The van der Waals surface area contributed by atoms with Gasteiger partial charge in [-0.3, -0.25) is 0 Å². The molecule has 2 heteroatoms. The molecule has 4 rings (SSSR count). The minimum atomic E-state index is -2.12. The summed E-state index contributed by atoms with van der Waals surface area (Å²) in [5, 5.41) is 9.84. The van der Waals surface area contributed by atoms with Crippen LogP contribution in [0, 0.1) is 0 Å². The van der Waals surface area contributed by atoms with Crippen molar-refractivity contribution in [2.75, 3.05) is 0 Å². The van der Waals surface area contributed by atoms with E-state index in [1.807, 2.05) is 0 Å². The van der Waals surface area contributed by atoms with E-state index in [2.05, 4.69) is 120 Å². The molecule has 3 aromatic carbocycles. The Balaban J connectivity index is 1.96. The van der Waals surface area contributed by atoms with Crippen molar-refractivity contribution in [3.8, 4) is 0 Å². The fraction of sp³-hybridized carbons (Fsp3) is 0.154. The molecule has 0 radical (unpaired) electrons. The van der Waals surface area contributed by atoms with Crippen molar-refractivity contribution in [2.24, 2.45) is 0 Å². The Morgan fingerprint density at radius 3 is 1.46 bits per heavy atom. The number of hydrogen-bond donors (Lipinski definition) is 0. The van der Waals surface area contributed by atoms with Crippen molar-refractivity contribution in [3.63, 3.8) is 0 Å². The molecule has 0 unspecified atom stereocenters. The summed E-state index contributed by atoms with van der Waals surface area (Å²) in [6.07, 6.45) is 8.17. The Labute approximate surface area is 173 Å². The van der Waals surface area contributed by atoms with E-state index in [0.29, 0.717) is 0 Å². The summed E-state index contributed by atoms with van der Waals surface area (Å²) in [6.45, 7) is 0. The van der Waals surface area contributed by atoms with E-state index < -0.39 is 24.1 Å². The maximum atomic E-state index is 2.61. The summed E-state index contributed by atoms with van der Waals surface area (Å²) >= 11 is -2.11. The summed E-state index contributed by atoms with van der Waals surface area (Å²) in [7, 11) is -2.12. The van der Waals surface area contributed by atoms with Gasteiger partial charge in [-0.1, -0.05) is 0 Å². The van der Waals surface area contributed by atoms with E-state index in [1.165, 1.54) is 20.0 Å². The van der Waals surface area contributed by atoms with Crippen LogP contribution >= 0.6 is 0 Å². The van der Waals surface area contributed by atoms with E-state index in [-0.39, 0.29) is 0 Å². The van der Waals surface area contributed by atoms with Crippen LogP contribution in [0.5, 0.6) is 0 Å². The van der Waals surface area contributed by atoms with Crippen molar-refractivity contribution in [1.29, 1.82) is 0 Å². The molecule has 0 bridgehead atoms. The Morgan fingerprint density at radius 2 is 1.11 bits per heavy atom. The Morgan fingerprint density at radius 1 is 0.679 bits per heavy atom. The fourth-order valence-electron chi connectivity index (χ4n) is 4.08. The van der Waals surface area contributed by atoms with Gasteiger partial charge in [0.05, 0.1) is 0 Å². The number of hydrogen-bond acceptors (Lipinski definition) is 0. The van der Waals surface area contributed by atoms with Gasteiger partial charge in [-0.2, -0.15) is 0 Å².